The van der Waals surface area contributed by atoms with Gasteiger partial charge >= 0.3 is 5.76 Å². The monoisotopic (exact) mass is 286 g/mol. The molecule has 1 heterocycles. The predicted molar refractivity (Wildman–Crippen MR) is 73.0 cm³/mol. The molecule has 0 aliphatic carbocycles. The Hall–Kier alpha value is -1.27. The van der Waals surface area contributed by atoms with E-state index in [-0.39, 0.29) is 4.90 Å². The van der Waals surface area contributed by atoms with Crippen LogP contribution < -0.4 is 0 Å². The number of likely N-dealkylation sites (N-methyl/N-ethyl adjacent to an activating group) is 1. The van der Waals surface area contributed by atoms with Crippen LogP contribution in [-0.4, -0.2) is 40.5 Å². The number of hydrogen-bond acceptors (Lipinski definition) is 2. The summed E-state index contributed by atoms with van der Waals surface area (Å²) in [4.78, 5) is 5.28. The van der Waals surface area contributed by atoms with Crippen LogP contribution in [0.25, 0.3) is 10.9 Å². The molecule has 2 aromatic rings. The molecule has 3 nitrogen and oxygen atoms in total. The van der Waals surface area contributed by atoms with Gasteiger partial charge in [-0.15, -0.1) is 0 Å². The summed E-state index contributed by atoms with van der Waals surface area (Å²) < 4.78 is 37.0. The number of nitrogens with zero attached hydrogens (tertiary/aromatic N) is 1. The summed E-state index contributed by atoms with van der Waals surface area (Å²) in [6, 6.07) is 4.96. The van der Waals surface area contributed by atoms with Crippen molar-refractivity contribution in [2.75, 3.05) is 20.6 Å². The molecule has 0 bridgehead atoms. The Bertz CT molecular complexity index is 595. The third kappa shape index (κ3) is 3.01. The molecule has 1 aromatic carbocycles. The van der Waals surface area contributed by atoms with E-state index in [9.17, 15) is 13.0 Å². The Morgan fingerprint density at radius 1 is 1.37 bits per heavy atom. The van der Waals surface area contributed by atoms with E-state index in [2.05, 4.69) is 4.98 Å². The topological polar surface area (TPSA) is 36.1 Å². The number of halogens is 2. The van der Waals surface area contributed by atoms with Crippen LogP contribution in [0.2, 0.25) is 0 Å². The second-order valence-electron chi connectivity index (χ2n) is 4.60. The lowest BCUT2D eigenvalue weighted by Crippen LogP contribution is -2.15. The number of H-pyrrole nitrogens is 1. The van der Waals surface area contributed by atoms with E-state index in [1.54, 1.807) is 18.3 Å². The van der Waals surface area contributed by atoms with E-state index in [0.717, 1.165) is 24.0 Å². The van der Waals surface area contributed by atoms with Crippen LogP contribution in [0.1, 0.15) is 5.56 Å². The average molecular weight is 286 g/mol. The molecule has 0 aliphatic rings. The van der Waals surface area contributed by atoms with Gasteiger partial charge in [-0.25, -0.2) is 4.21 Å². The largest absolute Gasteiger partial charge is 0.361 e. The maximum Gasteiger partial charge on any atom is 0.316 e. The zero-order valence-electron chi connectivity index (χ0n) is 10.8. The van der Waals surface area contributed by atoms with Crippen LogP contribution in [0, 0.1) is 0 Å². The average Bonchev–Trinajstić information content (AvgIpc) is 2.78. The van der Waals surface area contributed by atoms with Crippen molar-refractivity contribution in [3.05, 3.63) is 30.0 Å². The number of fused-ring (bicyclic) bond motifs is 1. The molecule has 0 spiro atoms. The van der Waals surface area contributed by atoms with Gasteiger partial charge in [0.1, 0.15) is 10.8 Å². The van der Waals surface area contributed by atoms with Crippen LogP contribution >= 0.6 is 0 Å². The van der Waals surface area contributed by atoms with Crippen LogP contribution in [0.4, 0.5) is 8.78 Å². The van der Waals surface area contributed by atoms with Gasteiger partial charge in [-0.3, -0.25) is 0 Å². The molecular weight excluding hydrogens is 270 g/mol. The number of aromatic amines is 1. The highest BCUT2D eigenvalue weighted by atomic mass is 32.2. The second-order valence-corrected chi connectivity index (χ2v) is 5.99. The van der Waals surface area contributed by atoms with E-state index >= 15 is 0 Å². The van der Waals surface area contributed by atoms with Crippen molar-refractivity contribution in [2.45, 2.75) is 17.1 Å². The Kier molecular flexibility index (Phi) is 4.31. The molecule has 1 N–H and O–H groups in total. The first-order chi connectivity index (χ1) is 9.00. The van der Waals surface area contributed by atoms with Gasteiger partial charge in [0.15, 0.2) is 0 Å². The van der Waals surface area contributed by atoms with E-state index < -0.39 is 16.6 Å². The van der Waals surface area contributed by atoms with Crippen molar-refractivity contribution in [3.63, 3.8) is 0 Å². The number of aromatic nitrogens is 1. The molecule has 0 fully saturated rings. The van der Waals surface area contributed by atoms with Gasteiger partial charge < -0.3 is 9.88 Å². The standard InChI is InChI=1S/C13H16F2N2OS/c1-17(2)7-6-9-8-16-10-4-3-5-11(12(9)10)19(18)13(14)15/h3-5,8,13,16H,6-7H2,1-2H3. The lowest BCUT2D eigenvalue weighted by Gasteiger charge is -2.09. The molecule has 0 aliphatic heterocycles. The third-order valence-corrected chi connectivity index (χ3v) is 4.05. The SMILES string of the molecule is CN(C)CCc1c[nH]c2cccc(S(=O)C(F)F)c12. The molecule has 1 unspecified atom stereocenters. The lowest BCUT2D eigenvalue weighted by molar-refractivity contribution is 0.244. The molecule has 6 heteroatoms. The van der Waals surface area contributed by atoms with Crippen LogP contribution in [0.3, 0.4) is 0 Å². The normalized spacial score (nSPS) is 13.6. The van der Waals surface area contributed by atoms with Gasteiger partial charge in [-0.2, -0.15) is 8.78 Å². The maximum absolute atomic E-state index is 12.7. The van der Waals surface area contributed by atoms with Gasteiger partial charge in [-0.05, 0) is 38.2 Å². The first kappa shape index (κ1) is 14.1. The molecule has 1 atom stereocenters. The van der Waals surface area contributed by atoms with Crippen molar-refractivity contribution in [1.29, 1.82) is 0 Å². The van der Waals surface area contributed by atoms with Gasteiger partial charge in [0.2, 0.25) is 0 Å². The summed E-state index contributed by atoms with van der Waals surface area (Å²) in [6.07, 6.45) is 2.53. The van der Waals surface area contributed by atoms with Crippen molar-refractivity contribution in [1.82, 2.24) is 9.88 Å². The number of benzene rings is 1. The zero-order valence-corrected chi connectivity index (χ0v) is 11.6. The van der Waals surface area contributed by atoms with E-state index in [0.29, 0.717) is 5.39 Å². The summed E-state index contributed by atoms with van der Waals surface area (Å²) in [7, 11) is 1.62. The van der Waals surface area contributed by atoms with E-state index in [1.165, 1.54) is 6.07 Å². The van der Waals surface area contributed by atoms with Gasteiger partial charge in [-0.1, -0.05) is 6.07 Å². The number of nitrogens with one attached hydrogen (secondary N) is 1. The minimum Gasteiger partial charge on any atom is -0.361 e. The number of rotatable bonds is 5. The third-order valence-electron chi connectivity index (χ3n) is 2.96. The fraction of sp³-hybridized carbons (Fsp3) is 0.385. The maximum atomic E-state index is 12.7. The van der Waals surface area contributed by atoms with Gasteiger partial charge in [0.05, 0.1) is 4.90 Å². The Balaban J connectivity index is 2.46. The highest BCUT2D eigenvalue weighted by Crippen LogP contribution is 2.27. The molecule has 0 amide bonds. The summed E-state index contributed by atoms with van der Waals surface area (Å²) in [6.45, 7) is 0.808. The Morgan fingerprint density at radius 2 is 2.11 bits per heavy atom. The van der Waals surface area contributed by atoms with Crippen molar-refractivity contribution < 1.29 is 13.0 Å². The highest BCUT2D eigenvalue weighted by Gasteiger charge is 2.20. The Labute approximate surface area is 113 Å². The zero-order chi connectivity index (χ0) is 14.0. The number of hydrogen-bond donors (Lipinski definition) is 1. The van der Waals surface area contributed by atoms with E-state index in [4.69, 9.17) is 0 Å². The van der Waals surface area contributed by atoms with Crippen molar-refractivity contribution in [2.24, 2.45) is 0 Å². The highest BCUT2D eigenvalue weighted by molar-refractivity contribution is 7.85. The van der Waals surface area contributed by atoms with Crippen LogP contribution in [0.15, 0.2) is 29.3 Å². The fourth-order valence-electron chi connectivity index (χ4n) is 2.02. The molecule has 0 radical (unpaired) electrons. The molecular formula is C13H16F2N2OS. The minimum absolute atomic E-state index is 0.211. The molecule has 1 aromatic heterocycles. The smallest absolute Gasteiger partial charge is 0.316 e. The summed E-state index contributed by atoms with van der Waals surface area (Å²) >= 11 is 0. The van der Waals surface area contributed by atoms with Gasteiger partial charge in [0.25, 0.3) is 0 Å². The van der Waals surface area contributed by atoms with Crippen LogP contribution in [0.5, 0.6) is 0 Å². The summed E-state index contributed by atoms with van der Waals surface area (Å²) in [5, 5.41) is 0.669. The fourth-order valence-corrected chi connectivity index (χ4v) is 2.87. The van der Waals surface area contributed by atoms with Crippen molar-refractivity contribution in [3.8, 4) is 0 Å². The summed E-state index contributed by atoms with van der Waals surface area (Å²) in [5.41, 5.74) is 1.67. The van der Waals surface area contributed by atoms with Crippen molar-refractivity contribution >= 4 is 21.7 Å². The second kappa shape index (κ2) is 5.79. The first-order valence-electron chi connectivity index (χ1n) is 5.93. The number of alkyl halides is 2. The molecule has 0 saturated carbocycles. The molecule has 104 valence electrons. The molecule has 2 rings (SSSR count). The molecule has 19 heavy (non-hydrogen) atoms. The minimum atomic E-state index is -2.86. The molecule has 0 saturated heterocycles. The van der Waals surface area contributed by atoms with Crippen LogP contribution in [-0.2, 0) is 17.2 Å². The Morgan fingerprint density at radius 3 is 2.74 bits per heavy atom. The quantitative estimate of drug-likeness (QED) is 0.917. The lowest BCUT2D eigenvalue weighted by atomic mass is 10.1. The van der Waals surface area contributed by atoms with E-state index in [1.807, 2.05) is 19.0 Å². The predicted octanol–water partition coefficient (Wildman–Crippen LogP) is 2.60. The summed E-state index contributed by atoms with van der Waals surface area (Å²) in [5.74, 6) is -2.86. The van der Waals surface area contributed by atoms with Gasteiger partial charge in [0, 0.05) is 23.6 Å². The first-order valence-corrected chi connectivity index (χ1v) is 7.14.